The van der Waals surface area contributed by atoms with E-state index in [4.69, 9.17) is 4.74 Å². The van der Waals surface area contributed by atoms with Crippen molar-refractivity contribution in [3.63, 3.8) is 0 Å². The van der Waals surface area contributed by atoms with Crippen molar-refractivity contribution in [3.8, 4) is 6.07 Å². The van der Waals surface area contributed by atoms with Crippen LogP contribution in [0.5, 0.6) is 0 Å². The Morgan fingerprint density at radius 1 is 1.26 bits per heavy atom. The smallest absolute Gasteiger partial charge is 0.351 e. The van der Waals surface area contributed by atoms with Crippen molar-refractivity contribution in [1.29, 1.82) is 5.26 Å². The first-order valence-electron chi connectivity index (χ1n) is 10.9. The standard InChI is InChI=1S/C24H31N5O4S/c1-7-29-21(31)19(34-22(29)18(13-25)23(32)33-8-2)14-26-16-10-9-11-17(12-16)27-20(30)15-28(6)24(3,4)5/h9-12,14,26H,7-8,15H2,1-6H3,(H,27,30). The zero-order valence-corrected chi connectivity index (χ0v) is 21.2. The van der Waals surface area contributed by atoms with E-state index in [1.807, 2.05) is 38.8 Å². The van der Waals surface area contributed by atoms with Gasteiger partial charge in [0, 0.05) is 29.7 Å². The maximum atomic E-state index is 12.8. The summed E-state index contributed by atoms with van der Waals surface area (Å²) in [5.74, 6) is -0.890. The lowest BCUT2D eigenvalue weighted by molar-refractivity contribution is -0.136. The molecule has 0 aliphatic carbocycles. The summed E-state index contributed by atoms with van der Waals surface area (Å²) in [5.41, 5.74) is 0.633. The van der Waals surface area contributed by atoms with Crippen molar-refractivity contribution in [3.05, 3.63) is 43.8 Å². The van der Waals surface area contributed by atoms with Gasteiger partial charge in [0.2, 0.25) is 5.91 Å². The Morgan fingerprint density at radius 3 is 2.53 bits per heavy atom. The molecule has 34 heavy (non-hydrogen) atoms. The lowest BCUT2D eigenvalue weighted by atomic mass is 10.1. The molecule has 1 aromatic heterocycles. The van der Waals surface area contributed by atoms with E-state index in [0.717, 1.165) is 11.3 Å². The van der Waals surface area contributed by atoms with Crippen LogP contribution >= 0.6 is 11.3 Å². The SMILES string of the molecule is CCOC(=O)C(C#N)=c1sc(=CNc2cccc(NC(=O)CN(C)C(C)(C)C)c2)c(=O)n1CC. The number of rotatable bonds is 8. The molecule has 0 radical (unpaired) electrons. The van der Waals surface area contributed by atoms with Crippen LogP contribution in [0.4, 0.5) is 11.4 Å². The van der Waals surface area contributed by atoms with Gasteiger partial charge in [-0.05, 0) is 59.9 Å². The molecule has 0 atom stereocenters. The Hall–Kier alpha value is -3.42. The first-order valence-corrected chi connectivity index (χ1v) is 11.7. The Balaban J connectivity index is 2.31. The van der Waals surface area contributed by atoms with E-state index in [1.165, 1.54) is 10.8 Å². The molecule has 0 bridgehead atoms. The number of hydrogen-bond acceptors (Lipinski definition) is 8. The Bertz CT molecular complexity index is 1260. The number of hydrogen-bond donors (Lipinski definition) is 2. The van der Waals surface area contributed by atoms with E-state index in [9.17, 15) is 19.6 Å². The second-order valence-electron chi connectivity index (χ2n) is 8.47. The third-order valence-corrected chi connectivity index (χ3v) is 6.20. The summed E-state index contributed by atoms with van der Waals surface area (Å²) in [4.78, 5) is 39.3. The number of benzene rings is 1. The Labute approximate surface area is 203 Å². The maximum Gasteiger partial charge on any atom is 0.351 e. The fraction of sp³-hybridized carbons (Fsp3) is 0.417. The molecule has 0 aliphatic heterocycles. The van der Waals surface area contributed by atoms with Gasteiger partial charge in [-0.2, -0.15) is 5.26 Å². The maximum absolute atomic E-state index is 12.8. The predicted octanol–water partition coefficient (Wildman–Crippen LogP) is 1.69. The number of aromatic nitrogens is 1. The number of likely N-dealkylation sites (N-methyl/N-ethyl adjacent to an activating group) is 1. The monoisotopic (exact) mass is 485 g/mol. The number of carbonyl (C=O) groups excluding carboxylic acids is 2. The number of nitrogens with zero attached hydrogens (tertiary/aromatic N) is 3. The molecule has 182 valence electrons. The van der Waals surface area contributed by atoms with Gasteiger partial charge in [-0.25, -0.2) is 4.79 Å². The largest absolute Gasteiger partial charge is 0.462 e. The molecular weight excluding hydrogens is 454 g/mol. The van der Waals surface area contributed by atoms with E-state index >= 15 is 0 Å². The summed E-state index contributed by atoms with van der Waals surface area (Å²) in [5, 5.41) is 15.4. The van der Waals surface area contributed by atoms with Gasteiger partial charge in [0.05, 0.1) is 13.2 Å². The van der Waals surface area contributed by atoms with Crippen LogP contribution in [-0.4, -0.2) is 47.1 Å². The highest BCUT2D eigenvalue weighted by atomic mass is 32.1. The van der Waals surface area contributed by atoms with Crippen LogP contribution in [0.1, 0.15) is 34.6 Å². The normalized spacial score (nSPS) is 12.8. The first-order chi connectivity index (χ1) is 16.0. The molecule has 1 heterocycles. The predicted molar refractivity (Wildman–Crippen MR) is 135 cm³/mol. The number of esters is 1. The highest BCUT2D eigenvalue weighted by molar-refractivity contribution is 7.07. The average Bonchev–Trinajstić information content (AvgIpc) is 3.07. The van der Waals surface area contributed by atoms with Crippen LogP contribution in [-0.2, 0) is 20.9 Å². The third kappa shape index (κ3) is 6.79. The van der Waals surface area contributed by atoms with Crippen LogP contribution in [0.15, 0.2) is 29.1 Å². The number of thiazole rings is 1. The quantitative estimate of drug-likeness (QED) is 0.547. The fourth-order valence-electron chi connectivity index (χ4n) is 2.87. The minimum absolute atomic E-state index is 0.128. The van der Waals surface area contributed by atoms with Crippen LogP contribution < -0.4 is 25.4 Å². The van der Waals surface area contributed by atoms with Gasteiger partial charge in [-0.3, -0.25) is 19.1 Å². The van der Waals surface area contributed by atoms with Crippen molar-refractivity contribution < 1.29 is 14.3 Å². The van der Waals surface area contributed by atoms with Gasteiger partial charge < -0.3 is 15.4 Å². The number of anilines is 2. The molecular formula is C24H31N5O4S. The van der Waals surface area contributed by atoms with Crippen molar-refractivity contribution in [2.24, 2.45) is 0 Å². The minimum atomic E-state index is -0.756. The molecule has 2 aromatic rings. The van der Waals surface area contributed by atoms with Crippen LogP contribution in [0.3, 0.4) is 0 Å². The molecule has 0 fully saturated rings. The lowest BCUT2D eigenvalue weighted by Gasteiger charge is -2.31. The van der Waals surface area contributed by atoms with Crippen LogP contribution in [0.25, 0.3) is 11.8 Å². The average molecular weight is 486 g/mol. The summed E-state index contributed by atoms with van der Waals surface area (Å²) in [6, 6.07) is 8.97. The molecule has 0 saturated heterocycles. The first kappa shape index (κ1) is 26.8. The molecule has 0 aliphatic rings. The molecule has 1 amide bonds. The molecule has 10 heteroatoms. The second-order valence-corrected chi connectivity index (χ2v) is 9.50. The number of carbonyl (C=O) groups is 2. The molecule has 0 spiro atoms. The summed E-state index contributed by atoms with van der Waals surface area (Å²) in [6.45, 7) is 10.2. The van der Waals surface area contributed by atoms with Gasteiger partial charge in [0.1, 0.15) is 15.3 Å². The second kappa shape index (κ2) is 11.6. The van der Waals surface area contributed by atoms with Gasteiger partial charge in [-0.1, -0.05) is 6.07 Å². The van der Waals surface area contributed by atoms with Crippen molar-refractivity contribution in [1.82, 2.24) is 9.47 Å². The molecule has 2 N–H and O–H groups in total. The summed E-state index contributed by atoms with van der Waals surface area (Å²) in [7, 11) is 1.89. The van der Waals surface area contributed by atoms with Gasteiger partial charge in [-0.15, -0.1) is 11.3 Å². The highest BCUT2D eigenvalue weighted by Gasteiger charge is 2.19. The van der Waals surface area contributed by atoms with Gasteiger partial charge in [0.15, 0.2) is 5.57 Å². The summed E-state index contributed by atoms with van der Waals surface area (Å²) in [6.07, 6.45) is 1.52. The lowest BCUT2D eigenvalue weighted by Crippen LogP contribution is -2.42. The zero-order valence-electron chi connectivity index (χ0n) is 20.4. The van der Waals surface area contributed by atoms with Crippen molar-refractivity contribution >= 4 is 46.4 Å². The van der Waals surface area contributed by atoms with Crippen molar-refractivity contribution in [2.75, 3.05) is 30.8 Å². The van der Waals surface area contributed by atoms with Crippen LogP contribution in [0, 0.1) is 11.3 Å². The molecule has 0 unspecified atom stereocenters. The summed E-state index contributed by atoms with van der Waals surface area (Å²) < 4.78 is 6.90. The van der Waals surface area contributed by atoms with E-state index in [2.05, 4.69) is 10.6 Å². The van der Waals surface area contributed by atoms with E-state index in [1.54, 1.807) is 38.1 Å². The zero-order chi connectivity index (χ0) is 25.5. The topological polar surface area (TPSA) is 116 Å². The van der Waals surface area contributed by atoms with Crippen molar-refractivity contribution in [2.45, 2.75) is 46.7 Å². The van der Waals surface area contributed by atoms with Gasteiger partial charge >= 0.3 is 5.97 Å². The van der Waals surface area contributed by atoms with E-state index < -0.39 is 5.97 Å². The minimum Gasteiger partial charge on any atom is -0.462 e. The van der Waals surface area contributed by atoms with E-state index in [-0.39, 0.29) is 40.4 Å². The highest BCUT2D eigenvalue weighted by Crippen LogP contribution is 2.16. The number of nitrogens with one attached hydrogen (secondary N) is 2. The molecule has 9 nitrogen and oxygen atoms in total. The van der Waals surface area contributed by atoms with E-state index in [0.29, 0.717) is 22.5 Å². The molecule has 0 saturated carbocycles. The summed E-state index contributed by atoms with van der Waals surface area (Å²) >= 11 is 1.04. The molecule has 1 aromatic carbocycles. The Kier molecular flexibility index (Phi) is 9.18. The number of ether oxygens (including phenoxy) is 1. The Morgan fingerprint density at radius 2 is 1.94 bits per heavy atom. The molecule has 2 rings (SSSR count). The number of amides is 1. The van der Waals surface area contributed by atoms with Crippen LogP contribution in [0.2, 0.25) is 0 Å². The van der Waals surface area contributed by atoms with Gasteiger partial charge in [0.25, 0.3) is 5.56 Å². The number of nitriles is 1. The third-order valence-electron chi connectivity index (χ3n) is 5.07. The fourth-order valence-corrected chi connectivity index (χ4v) is 3.94.